The molecule has 1 aromatic heterocycles. The molecule has 0 aliphatic heterocycles. The number of rotatable bonds is 5. The van der Waals surface area contributed by atoms with E-state index in [1.165, 1.54) is 12.1 Å². The first kappa shape index (κ1) is 15.4. The molecule has 0 atom stereocenters. The Bertz CT molecular complexity index is 608. The summed E-state index contributed by atoms with van der Waals surface area (Å²) in [6.07, 6.45) is -1.15. The van der Waals surface area contributed by atoms with Gasteiger partial charge in [0.1, 0.15) is 18.2 Å². The van der Waals surface area contributed by atoms with E-state index in [2.05, 4.69) is 4.98 Å². The number of benzene rings is 1. The molecule has 7 heteroatoms. The summed E-state index contributed by atoms with van der Waals surface area (Å²) in [5, 5.41) is 0. The smallest absolute Gasteiger partial charge is 0.419 e. The normalized spacial score (nSPS) is 11.7. The van der Waals surface area contributed by atoms with Gasteiger partial charge in [-0.1, -0.05) is 6.07 Å². The van der Waals surface area contributed by atoms with Crippen molar-refractivity contribution in [2.45, 2.75) is 32.8 Å². The second-order valence-electron chi connectivity index (χ2n) is 4.45. The second kappa shape index (κ2) is 6.17. The average Bonchev–Trinajstić information content (AvgIpc) is 2.91. The highest BCUT2D eigenvalue weighted by molar-refractivity contribution is 5.39. The van der Waals surface area contributed by atoms with Crippen molar-refractivity contribution in [2.24, 2.45) is 5.73 Å². The standard InChI is InChI=1S/C14H16F3N3O/c1-2-20-6-5-19-13(20)9-21-12-4-3-10(8-18)7-11(12)14(15,16)17/h3-7H,2,8-9,18H2,1H3. The molecular weight excluding hydrogens is 283 g/mol. The maximum Gasteiger partial charge on any atom is 0.419 e. The van der Waals surface area contributed by atoms with Crippen molar-refractivity contribution in [2.75, 3.05) is 0 Å². The molecule has 0 amide bonds. The van der Waals surface area contributed by atoms with Crippen LogP contribution in [0.1, 0.15) is 23.9 Å². The molecule has 0 spiro atoms. The van der Waals surface area contributed by atoms with Crippen LogP contribution in [-0.2, 0) is 25.9 Å². The van der Waals surface area contributed by atoms with Crippen molar-refractivity contribution in [3.8, 4) is 5.75 Å². The zero-order valence-electron chi connectivity index (χ0n) is 11.5. The fraction of sp³-hybridized carbons (Fsp3) is 0.357. The third-order valence-corrected chi connectivity index (χ3v) is 3.08. The molecule has 2 rings (SSSR count). The van der Waals surface area contributed by atoms with Crippen molar-refractivity contribution < 1.29 is 17.9 Å². The average molecular weight is 299 g/mol. The van der Waals surface area contributed by atoms with E-state index in [0.29, 0.717) is 17.9 Å². The van der Waals surface area contributed by atoms with Crippen LogP contribution in [0, 0.1) is 0 Å². The number of halogens is 3. The predicted molar refractivity (Wildman–Crippen MR) is 71.6 cm³/mol. The predicted octanol–water partition coefficient (Wildman–Crippen LogP) is 2.96. The molecule has 0 unspecified atom stereocenters. The SMILES string of the molecule is CCn1ccnc1COc1ccc(CN)cc1C(F)(F)F. The molecule has 114 valence electrons. The minimum atomic E-state index is -4.49. The maximum absolute atomic E-state index is 13.0. The van der Waals surface area contributed by atoms with E-state index in [1.807, 2.05) is 11.5 Å². The number of nitrogens with two attached hydrogens (primary N) is 1. The number of aryl methyl sites for hydroxylation is 1. The van der Waals surface area contributed by atoms with Gasteiger partial charge in [-0.2, -0.15) is 13.2 Å². The van der Waals surface area contributed by atoms with Crippen LogP contribution in [0.5, 0.6) is 5.75 Å². The summed E-state index contributed by atoms with van der Waals surface area (Å²) in [6.45, 7) is 2.62. The van der Waals surface area contributed by atoms with E-state index >= 15 is 0 Å². The molecule has 0 aliphatic carbocycles. The molecule has 1 heterocycles. The molecule has 0 saturated heterocycles. The Balaban J connectivity index is 2.23. The van der Waals surface area contributed by atoms with Crippen molar-refractivity contribution in [1.82, 2.24) is 9.55 Å². The van der Waals surface area contributed by atoms with E-state index in [1.54, 1.807) is 12.4 Å². The van der Waals surface area contributed by atoms with Gasteiger partial charge in [-0.05, 0) is 24.6 Å². The minimum absolute atomic E-state index is 0.0219. The summed E-state index contributed by atoms with van der Waals surface area (Å²) in [5.74, 6) is 0.360. The Hall–Kier alpha value is -2.02. The van der Waals surface area contributed by atoms with E-state index < -0.39 is 11.7 Å². The van der Waals surface area contributed by atoms with Crippen LogP contribution in [0.3, 0.4) is 0 Å². The fourth-order valence-corrected chi connectivity index (χ4v) is 1.96. The van der Waals surface area contributed by atoms with Crippen molar-refractivity contribution in [1.29, 1.82) is 0 Å². The molecule has 4 nitrogen and oxygen atoms in total. The van der Waals surface area contributed by atoms with Crippen molar-refractivity contribution in [3.63, 3.8) is 0 Å². The van der Waals surface area contributed by atoms with Crippen LogP contribution in [0.2, 0.25) is 0 Å². The van der Waals surface area contributed by atoms with Crippen LogP contribution in [0.4, 0.5) is 13.2 Å². The number of hydrogen-bond donors (Lipinski definition) is 1. The molecule has 0 saturated carbocycles. The number of alkyl halides is 3. The summed E-state index contributed by atoms with van der Waals surface area (Å²) in [6, 6.07) is 3.84. The van der Waals surface area contributed by atoms with Gasteiger partial charge in [0.25, 0.3) is 0 Å². The van der Waals surface area contributed by atoms with Gasteiger partial charge in [-0.3, -0.25) is 0 Å². The number of ether oxygens (including phenoxy) is 1. The van der Waals surface area contributed by atoms with Gasteiger partial charge in [-0.25, -0.2) is 4.98 Å². The van der Waals surface area contributed by atoms with Crippen LogP contribution in [0.15, 0.2) is 30.6 Å². The first-order valence-electron chi connectivity index (χ1n) is 6.48. The quantitative estimate of drug-likeness (QED) is 0.923. The third-order valence-electron chi connectivity index (χ3n) is 3.08. The van der Waals surface area contributed by atoms with Gasteiger partial charge in [-0.15, -0.1) is 0 Å². The van der Waals surface area contributed by atoms with Gasteiger partial charge < -0.3 is 15.0 Å². The Morgan fingerprint density at radius 2 is 2.10 bits per heavy atom. The molecule has 0 aliphatic rings. The molecule has 2 N–H and O–H groups in total. The monoisotopic (exact) mass is 299 g/mol. The van der Waals surface area contributed by atoms with Gasteiger partial charge in [0.2, 0.25) is 0 Å². The molecule has 1 aromatic carbocycles. The molecular formula is C14H16F3N3O. The van der Waals surface area contributed by atoms with E-state index in [-0.39, 0.29) is 18.9 Å². The fourth-order valence-electron chi connectivity index (χ4n) is 1.96. The zero-order chi connectivity index (χ0) is 15.5. The lowest BCUT2D eigenvalue weighted by atomic mass is 10.1. The highest BCUT2D eigenvalue weighted by Crippen LogP contribution is 2.37. The number of hydrogen-bond acceptors (Lipinski definition) is 3. The lowest BCUT2D eigenvalue weighted by molar-refractivity contribution is -0.139. The summed E-state index contributed by atoms with van der Waals surface area (Å²) in [4.78, 5) is 4.06. The molecule has 2 aromatic rings. The summed E-state index contributed by atoms with van der Waals surface area (Å²) < 4.78 is 46.2. The lowest BCUT2D eigenvalue weighted by Gasteiger charge is -2.15. The van der Waals surface area contributed by atoms with Gasteiger partial charge in [0.15, 0.2) is 0 Å². The van der Waals surface area contributed by atoms with Crippen LogP contribution in [-0.4, -0.2) is 9.55 Å². The highest BCUT2D eigenvalue weighted by atomic mass is 19.4. The Kier molecular flexibility index (Phi) is 4.52. The second-order valence-corrected chi connectivity index (χ2v) is 4.45. The van der Waals surface area contributed by atoms with Crippen LogP contribution >= 0.6 is 0 Å². The highest BCUT2D eigenvalue weighted by Gasteiger charge is 2.34. The van der Waals surface area contributed by atoms with Gasteiger partial charge in [0, 0.05) is 25.5 Å². The third kappa shape index (κ3) is 3.55. The number of imidazole rings is 1. The summed E-state index contributed by atoms with van der Waals surface area (Å²) >= 11 is 0. The topological polar surface area (TPSA) is 53.1 Å². The summed E-state index contributed by atoms with van der Waals surface area (Å²) in [5.41, 5.74) is 4.97. The van der Waals surface area contributed by atoms with Crippen LogP contribution < -0.4 is 10.5 Å². The Labute approximate surface area is 120 Å². The van der Waals surface area contributed by atoms with Crippen molar-refractivity contribution in [3.05, 3.63) is 47.5 Å². The van der Waals surface area contributed by atoms with Crippen molar-refractivity contribution >= 4 is 0 Å². The summed E-state index contributed by atoms with van der Waals surface area (Å²) in [7, 11) is 0. The zero-order valence-corrected chi connectivity index (χ0v) is 11.5. The van der Waals surface area contributed by atoms with E-state index in [4.69, 9.17) is 10.5 Å². The largest absolute Gasteiger partial charge is 0.485 e. The van der Waals surface area contributed by atoms with Gasteiger partial charge in [0.05, 0.1) is 5.56 Å². The Morgan fingerprint density at radius 3 is 2.71 bits per heavy atom. The van der Waals surface area contributed by atoms with Crippen LogP contribution in [0.25, 0.3) is 0 Å². The molecule has 0 fully saturated rings. The Morgan fingerprint density at radius 1 is 1.33 bits per heavy atom. The molecule has 0 radical (unpaired) electrons. The van der Waals surface area contributed by atoms with E-state index in [9.17, 15) is 13.2 Å². The van der Waals surface area contributed by atoms with E-state index in [0.717, 1.165) is 6.07 Å². The first-order chi connectivity index (χ1) is 9.95. The first-order valence-corrected chi connectivity index (χ1v) is 6.48. The minimum Gasteiger partial charge on any atom is -0.485 e. The number of nitrogens with zero attached hydrogens (tertiary/aromatic N) is 2. The lowest BCUT2D eigenvalue weighted by Crippen LogP contribution is -2.12. The molecule has 0 bridgehead atoms. The maximum atomic E-state index is 13.0. The molecule has 21 heavy (non-hydrogen) atoms. The van der Waals surface area contributed by atoms with Gasteiger partial charge >= 0.3 is 6.18 Å². The number of aromatic nitrogens is 2.